The van der Waals surface area contributed by atoms with Gasteiger partial charge in [0.15, 0.2) is 0 Å². The molecule has 3 rings (SSSR count). The fourth-order valence-corrected chi connectivity index (χ4v) is 2.88. The Labute approximate surface area is 118 Å². The van der Waals surface area contributed by atoms with Gasteiger partial charge in [0.25, 0.3) is 0 Å². The van der Waals surface area contributed by atoms with Crippen LogP contribution in [0.1, 0.15) is 22.7 Å². The van der Waals surface area contributed by atoms with Crippen LogP contribution in [0.15, 0.2) is 42.5 Å². The summed E-state index contributed by atoms with van der Waals surface area (Å²) in [4.78, 5) is 0. The summed E-state index contributed by atoms with van der Waals surface area (Å²) in [5, 5.41) is 3.27. The SMILES string of the molecule is CNC(c1cc(F)ccc1C)C1Cc2ccccc2O1. The molecule has 0 spiro atoms. The van der Waals surface area contributed by atoms with Crippen LogP contribution in [0.4, 0.5) is 4.39 Å². The van der Waals surface area contributed by atoms with Crippen molar-refractivity contribution in [2.45, 2.75) is 25.5 Å². The number of halogens is 1. The molecule has 0 bridgehead atoms. The minimum Gasteiger partial charge on any atom is -0.488 e. The lowest BCUT2D eigenvalue weighted by molar-refractivity contribution is 0.183. The van der Waals surface area contributed by atoms with Gasteiger partial charge in [0, 0.05) is 6.42 Å². The van der Waals surface area contributed by atoms with E-state index in [-0.39, 0.29) is 18.0 Å². The highest BCUT2D eigenvalue weighted by atomic mass is 19.1. The largest absolute Gasteiger partial charge is 0.488 e. The summed E-state index contributed by atoms with van der Waals surface area (Å²) in [6.45, 7) is 2.00. The monoisotopic (exact) mass is 271 g/mol. The van der Waals surface area contributed by atoms with Gasteiger partial charge >= 0.3 is 0 Å². The molecule has 0 saturated heterocycles. The van der Waals surface area contributed by atoms with Crippen molar-refractivity contribution in [3.05, 3.63) is 65.0 Å². The Kier molecular flexibility index (Phi) is 3.45. The molecule has 2 aromatic rings. The van der Waals surface area contributed by atoms with E-state index in [0.717, 1.165) is 23.3 Å². The van der Waals surface area contributed by atoms with Crippen LogP contribution in [-0.2, 0) is 6.42 Å². The molecule has 2 unspecified atom stereocenters. The van der Waals surface area contributed by atoms with E-state index >= 15 is 0 Å². The highest BCUT2D eigenvalue weighted by Crippen LogP contribution is 2.34. The van der Waals surface area contributed by atoms with Crippen LogP contribution >= 0.6 is 0 Å². The lowest BCUT2D eigenvalue weighted by Crippen LogP contribution is -2.33. The third-order valence-electron chi connectivity index (χ3n) is 3.93. The van der Waals surface area contributed by atoms with Crippen LogP contribution in [0.3, 0.4) is 0 Å². The number of rotatable bonds is 3. The van der Waals surface area contributed by atoms with E-state index in [1.54, 1.807) is 6.07 Å². The third kappa shape index (κ3) is 2.29. The van der Waals surface area contributed by atoms with E-state index in [0.29, 0.717) is 0 Å². The van der Waals surface area contributed by atoms with Crippen molar-refractivity contribution in [1.29, 1.82) is 0 Å². The number of aryl methyl sites for hydroxylation is 1. The summed E-state index contributed by atoms with van der Waals surface area (Å²) in [5.74, 6) is 0.730. The van der Waals surface area contributed by atoms with Gasteiger partial charge in [0.05, 0.1) is 6.04 Å². The molecule has 2 atom stereocenters. The fourth-order valence-electron chi connectivity index (χ4n) is 2.88. The second kappa shape index (κ2) is 5.25. The molecule has 1 aliphatic rings. The Morgan fingerprint density at radius 1 is 1.25 bits per heavy atom. The lowest BCUT2D eigenvalue weighted by Gasteiger charge is -2.24. The van der Waals surface area contributed by atoms with E-state index in [2.05, 4.69) is 11.4 Å². The van der Waals surface area contributed by atoms with Crippen LogP contribution in [0.5, 0.6) is 5.75 Å². The molecular formula is C17H18FNO. The molecule has 104 valence electrons. The van der Waals surface area contributed by atoms with Crippen LogP contribution < -0.4 is 10.1 Å². The summed E-state index contributed by atoms with van der Waals surface area (Å²) >= 11 is 0. The molecule has 1 heterocycles. The minimum atomic E-state index is -0.207. The molecule has 0 radical (unpaired) electrons. The van der Waals surface area contributed by atoms with Crippen LogP contribution in [-0.4, -0.2) is 13.2 Å². The van der Waals surface area contributed by atoms with Crippen molar-refractivity contribution >= 4 is 0 Å². The second-order valence-electron chi connectivity index (χ2n) is 5.24. The average Bonchev–Trinajstić information content (AvgIpc) is 2.87. The maximum absolute atomic E-state index is 13.5. The van der Waals surface area contributed by atoms with Crippen LogP contribution in [0, 0.1) is 12.7 Å². The number of likely N-dealkylation sites (N-methyl/N-ethyl adjacent to an activating group) is 1. The van der Waals surface area contributed by atoms with E-state index < -0.39 is 0 Å². The average molecular weight is 271 g/mol. The van der Waals surface area contributed by atoms with Crippen molar-refractivity contribution in [2.75, 3.05) is 7.05 Å². The lowest BCUT2D eigenvalue weighted by atomic mass is 9.94. The zero-order chi connectivity index (χ0) is 14.1. The minimum absolute atomic E-state index is 0.00194. The Bertz CT molecular complexity index is 601. The van der Waals surface area contributed by atoms with Gasteiger partial charge in [-0.3, -0.25) is 0 Å². The van der Waals surface area contributed by atoms with E-state index in [1.165, 1.54) is 11.6 Å². The van der Waals surface area contributed by atoms with Gasteiger partial charge in [0.1, 0.15) is 17.7 Å². The van der Waals surface area contributed by atoms with Gasteiger partial charge in [-0.05, 0) is 48.9 Å². The van der Waals surface area contributed by atoms with Crippen LogP contribution in [0.2, 0.25) is 0 Å². The standard InChI is InChI=1S/C17H18FNO/c1-11-7-8-13(18)10-14(11)17(19-2)16-9-12-5-3-4-6-15(12)20-16/h3-8,10,16-17,19H,9H2,1-2H3. The van der Waals surface area contributed by atoms with E-state index in [1.807, 2.05) is 38.2 Å². The summed E-state index contributed by atoms with van der Waals surface area (Å²) < 4.78 is 19.5. The Morgan fingerprint density at radius 3 is 2.80 bits per heavy atom. The van der Waals surface area contributed by atoms with Crippen molar-refractivity contribution in [1.82, 2.24) is 5.32 Å². The third-order valence-corrected chi connectivity index (χ3v) is 3.93. The highest BCUT2D eigenvalue weighted by Gasteiger charge is 2.31. The van der Waals surface area contributed by atoms with Crippen molar-refractivity contribution in [2.24, 2.45) is 0 Å². The topological polar surface area (TPSA) is 21.3 Å². The molecular weight excluding hydrogens is 253 g/mol. The zero-order valence-corrected chi connectivity index (χ0v) is 11.7. The number of para-hydroxylation sites is 1. The van der Waals surface area contributed by atoms with Gasteiger partial charge in [-0.25, -0.2) is 4.39 Å². The number of benzene rings is 2. The van der Waals surface area contributed by atoms with Gasteiger partial charge in [-0.1, -0.05) is 24.3 Å². The molecule has 0 amide bonds. The summed E-state index contributed by atoms with van der Waals surface area (Å²) in [6, 6.07) is 13.0. The normalized spacial score (nSPS) is 18.4. The predicted molar refractivity (Wildman–Crippen MR) is 77.5 cm³/mol. The molecule has 0 fully saturated rings. The van der Waals surface area contributed by atoms with Gasteiger partial charge < -0.3 is 10.1 Å². The molecule has 1 N–H and O–H groups in total. The van der Waals surface area contributed by atoms with Crippen LogP contribution in [0.25, 0.3) is 0 Å². The number of ether oxygens (including phenoxy) is 1. The summed E-state index contributed by atoms with van der Waals surface area (Å²) in [6.07, 6.45) is 0.843. The molecule has 2 nitrogen and oxygen atoms in total. The quantitative estimate of drug-likeness (QED) is 0.924. The molecule has 0 saturated carbocycles. The Morgan fingerprint density at radius 2 is 2.05 bits per heavy atom. The first-order valence-corrected chi connectivity index (χ1v) is 6.87. The van der Waals surface area contributed by atoms with Gasteiger partial charge in [-0.15, -0.1) is 0 Å². The molecule has 0 aliphatic carbocycles. The first-order chi connectivity index (χ1) is 9.69. The smallest absolute Gasteiger partial charge is 0.123 e. The van der Waals surface area contributed by atoms with Gasteiger partial charge in [-0.2, -0.15) is 0 Å². The zero-order valence-electron chi connectivity index (χ0n) is 11.7. The van der Waals surface area contributed by atoms with Crippen molar-refractivity contribution < 1.29 is 9.13 Å². The Hall–Kier alpha value is -1.87. The van der Waals surface area contributed by atoms with E-state index in [9.17, 15) is 4.39 Å². The maximum Gasteiger partial charge on any atom is 0.123 e. The van der Waals surface area contributed by atoms with E-state index in [4.69, 9.17) is 4.74 Å². The Balaban J connectivity index is 1.91. The van der Waals surface area contributed by atoms with Gasteiger partial charge in [0.2, 0.25) is 0 Å². The summed E-state index contributed by atoms with van der Waals surface area (Å²) in [5.41, 5.74) is 3.25. The molecule has 2 aromatic carbocycles. The fraction of sp³-hybridized carbons (Fsp3) is 0.294. The number of fused-ring (bicyclic) bond motifs is 1. The highest BCUT2D eigenvalue weighted by molar-refractivity contribution is 5.39. The second-order valence-corrected chi connectivity index (χ2v) is 5.24. The maximum atomic E-state index is 13.5. The predicted octanol–water partition coefficient (Wildman–Crippen LogP) is 3.40. The molecule has 20 heavy (non-hydrogen) atoms. The molecule has 3 heteroatoms. The first kappa shape index (κ1) is 13.1. The van der Waals surface area contributed by atoms with Crippen molar-refractivity contribution in [3.63, 3.8) is 0 Å². The summed E-state index contributed by atoms with van der Waals surface area (Å²) in [7, 11) is 1.89. The number of nitrogens with one attached hydrogen (secondary N) is 1. The number of hydrogen-bond acceptors (Lipinski definition) is 2. The number of hydrogen-bond donors (Lipinski definition) is 1. The van der Waals surface area contributed by atoms with Crippen molar-refractivity contribution in [3.8, 4) is 5.75 Å². The molecule has 1 aliphatic heterocycles. The molecule has 0 aromatic heterocycles. The first-order valence-electron chi connectivity index (χ1n) is 6.87.